The highest BCUT2D eigenvalue weighted by Crippen LogP contribution is 2.17. The van der Waals surface area contributed by atoms with E-state index < -0.39 is 11.6 Å². The zero-order chi connectivity index (χ0) is 11.6. The van der Waals surface area contributed by atoms with Gasteiger partial charge in [-0.15, -0.1) is 0 Å². The van der Waals surface area contributed by atoms with Crippen molar-refractivity contribution >= 4 is 21.9 Å². The molecule has 0 fully saturated rings. The second kappa shape index (κ2) is 4.31. The third-order valence-electron chi connectivity index (χ3n) is 1.65. The second-order valence-electron chi connectivity index (χ2n) is 4.32. The molecule has 1 aromatic heterocycles. The van der Waals surface area contributed by atoms with Crippen LogP contribution in [0, 0.1) is 6.92 Å². The molecule has 1 heterocycles. The van der Waals surface area contributed by atoms with Crippen molar-refractivity contribution in [1.29, 1.82) is 0 Å². The fourth-order valence-electron chi connectivity index (χ4n) is 0.981. The Hall–Kier alpha value is -0.900. The van der Waals surface area contributed by atoms with Crippen LogP contribution in [0.25, 0.3) is 0 Å². The molecule has 1 rings (SSSR count). The van der Waals surface area contributed by atoms with Gasteiger partial charge in [-0.2, -0.15) is 0 Å². The highest BCUT2D eigenvalue weighted by Gasteiger charge is 2.19. The van der Waals surface area contributed by atoms with E-state index >= 15 is 0 Å². The van der Waals surface area contributed by atoms with Gasteiger partial charge in [-0.3, -0.25) is 0 Å². The predicted octanol–water partition coefficient (Wildman–Crippen LogP) is 3.11. The van der Waals surface area contributed by atoms with E-state index in [-0.39, 0.29) is 0 Å². The predicted molar refractivity (Wildman–Crippen MR) is 61.8 cm³/mol. The van der Waals surface area contributed by atoms with Gasteiger partial charge in [-0.05, 0) is 55.3 Å². The van der Waals surface area contributed by atoms with E-state index in [1.807, 2.05) is 27.7 Å². The average molecular weight is 272 g/mol. The van der Waals surface area contributed by atoms with Crippen LogP contribution in [0.3, 0.4) is 0 Å². The molecule has 4 heteroatoms. The number of aryl methyl sites for hydroxylation is 1. The van der Waals surface area contributed by atoms with Gasteiger partial charge in [0.25, 0.3) is 0 Å². The monoisotopic (exact) mass is 271 g/mol. The largest absolute Gasteiger partial charge is 0.455 e. The minimum absolute atomic E-state index is 0.339. The molecule has 0 amide bonds. The Labute approximate surface area is 98.0 Å². The van der Waals surface area contributed by atoms with E-state index in [9.17, 15) is 4.79 Å². The smallest absolute Gasteiger partial charge is 0.357 e. The summed E-state index contributed by atoms with van der Waals surface area (Å²) in [4.78, 5) is 15.6. The Morgan fingerprint density at radius 1 is 1.47 bits per heavy atom. The third-order valence-corrected chi connectivity index (χ3v) is 2.49. The van der Waals surface area contributed by atoms with Crippen molar-refractivity contribution in [2.24, 2.45) is 0 Å². The average Bonchev–Trinajstić information content (AvgIpc) is 2.06. The van der Waals surface area contributed by atoms with E-state index in [2.05, 4.69) is 20.9 Å². The zero-order valence-corrected chi connectivity index (χ0v) is 10.9. The minimum Gasteiger partial charge on any atom is -0.455 e. The van der Waals surface area contributed by atoms with Gasteiger partial charge in [0.05, 0.1) is 0 Å². The Bertz CT molecular complexity index is 383. The van der Waals surface area contributed by atoms with Crippen LogP contribution in [-0.2, 0) is 4.74 Å². The fourth-order valence-corrected chi connectivity index (χ4v) is 1.20. The maximum atomic E-state index is 11.6. The van der Waals surface area contributed by atoms with Crippen molar-refractivity contribution in [1.82, 2.24) is 4.98 Å². The standard InChI is InChI=1S/C11H14BrNO2/c1-7-5-9(13-6-8(7)12)10(14)15-11(2,3)4/h5-6H,1-4H3. The molecular weight excluding hydrogens is 258 g/mol. The number of carbonyl (C=O) groups excluding carboxylic acids is 1. The fraction of sp³-hybridized carbons (Fsp3) is 0.455. The van der Waals surface area contributed by atoms with Crippen LogP contribution in [-0.4, -0.2) is 16.6 Å². The van der Waals surface area contributed by atoms with Gasteiger partial charge in [0.2, 0.25) is 0 Å². The number of pyridine rings is 1. The molecule has 0 aliphatic rings. The van der Waals surface area contributed by atoms with Crippen LogP contribution in [0.5, 0.6) is 0 Å². The molecule has 0 bridgehead atoms. The van der Waals surface area contributed by atoms with Crippen molar-refractivity contribution in [3.8, 4) is 0 Å². The van der Waals surface area contributed by atoms with Crippen LogP contribution >= 0.6 is 15.9 Å². The number of ether oxygens (including phenoxy) is 1. The van der Waals surface area contributed by atoms with E-state index in [0.717, 1.165) is 10.0 Å². The number of esters is 1. The highest BCUT2D eigenvalue weighted by molar-refractivity contribution is 9.10. The molecule has 0 saturated carbocycles. The minimum atomic E-state index is -0.486. The molecule has 0 radical (unpaired) electrons. The summed E-state index contributed by atoms with van der Waals surface area (Å²) in [6.07, 6.45) is 1.61. The number of halogens is 1. The van der Waals surface area contributed by atoms with Crippen molar-refractivity contribution < 1.29 is 9.53 Å². The SMILES string of the molecule is Cc1cc(C(=O)OC(C)(C)C)ncc1Br. The van der Waals surface area contributed by atoms with Crippen LogP contribution in [0.4, 0.5) is 0 Å². The summed E-state index contributed by atoms with van der Waals surface area (Å²) in [5.41, 5.74) is 0.816. The lowest BCUT2D eigenvalue weighted by Gasteiger charge is -2.19. The van der Waals surface area contributed by atoms with Gasteiger partial charge in [0, 0.05) is 10.7 Å². The number of carbonyl (C=O) groups is 1. The summed E-state index contributed by atoms with van der Waals surface area (Å²) < 4.78 is 6.09. The van der Waals surface area contributed by atoms with Gasteiger partial charge in [-0.25, -0.2) is 9.78 Å². The van der Waals surface area contributed by atoms with E-state index in [1.165, 1.54) is 0 Å². The first-order valence-corrected chi connectivity index (χ1v) is 5.44. The Morgan fingerprint density at radius 3 is 2.53 bits per heavy atom. The number of hydrogen-bond donors (Lipinski definition) is 0. The van der Waals surface area contributed by atoms with Crippen molar-refractivity contribution in [3.63, 3.8) is 0 Å². The van der Waals surface area contributed by atoms with Gasteiger partial charge in [0.1, 0.15) is 11.3 Å². The van der Waals surface area contributed by atoms with E-state index in [4.69, 9.17) is 4.74 Å². The van der Waals surface area contributed by atoms with Crippen LogP contribution in [0.2, 0.25) is 0 Å². The second-order valence-corrected chi connectivity index (χ2v) is 5.17. The van der Waals surface area contributed by atoms with E-state index in [0.29, 0.717) is 5.69 Å². The van der Waals surface area contributed by atoms with Crippen molar-refractivity contribution in [3.05, 3.63) is 28.0 Å². The Kier molecular flexibility index (Phi) is 3.50. The quantitative estimate of drug-likeness (QED) is 0.737. The summed E-state index contributed by atoms with van der Waals surface area (Å²) in [5, 5.41) is 0. The number of rotatable bonds is 1. The summed E-state index contributed by atoms with van der Waals surface area (Å²) in [6.45, 7) is 7.39. The maximum Gasteiger partial charge on any atom is 0.357 e. The molecule has 0 spiro atoms. The molecule has 0 aromatic carbocycles. The maximum absolute atomic E-state index is 11.6. The number of nitrogens with zero attached hydrogens (tertiary/aromatic N) is 1. The lowest BCUT2D eigenvalue weighted by atomic mass is 10.2. The zero-order valence-electron chi connectivity index (χ0n) is 9.30. The Morgan fingerprint density at radius 2 is 2.07 bits per heavy atom. The molecule has 0 unspecified atom stereocenters. The Balaban J connectivity index is 2.88. The first kappa shape index (κ1) is 12.2. The number of hydrogen-bond acceptors (Lipinski definition) is 3. The van der Waals surface area contributed by atoms with Gasteiger partial charge in [-0.1, -0.05) is 0 Å². The molecule has 3 nitrogen and oxygen atoms in total. The molecule has 82 valence electrons. The molecule has 0 aliphatic heterocycles. The molecular formula is C11H14BrNO2. The molecule has 1 aromatic rings. The normalized spacial score (nSPS) is 11.3. The lowest BCUT2D eigenvalue weighted by molar-refractivity contribution is 0.00627. The lowest BCUT2D eigenvalue weighted by Crippen LogP contribution is -2.24. The number of aromatic nitrogens is 1. The summed E-state index contributed by atoms with van der Waals surface area (Å²) in [7, 11) is 0. The van der Waals surface area contributed by atoms with Gasteiger partial charge in [0.15, 0.2) is 0 Å². The first-order chi connectivity index (χ1) is 6.79. The molecule has 0 aliphatic carbocycles. The van der Waals surface area contributed by atoms with Gasteiger partial charge < -0.3 is 4.74 Å². The summed E-state index contributed by atoms with van der Waals surface area (Å²) in [5.74, 6) is -0.391. The van der Waals surface area contributed by atoms with Crippen molar-refractivity contribution in [2.75, 3.05) is 0 Å². The highest BCUT2D eigenvalue weighted by atomic mass is 79.9. The van der Waals surface area contributed by atoms with Crippen LogP contribution in [0.1, 0.15) is 36.8 Å². The van der Waals surface area contributed by atoms with Crippen LogP contribution < -0.4 is 0 Å². The van der Waals surface area contributed by atoms with Crippen molar-refractivity contribution in [2.45, 2.75) is 33.3 Å². The molecule has 0 atom stereocenters. The van der Waals surface area contributed by atoms with Crippen LogP contribution in [0.15, 0.2) is 16.7 Å². The third kappa shape index (κ3) is 3.63. The molecule has 0 saturated heterocycles. The summed E-state index contributed by atoms with van der Waals surface area (Å²) in [6, 6.07) is 1.71. The first-order valence-electron chi connectivity index (χ1n) is 4.65. The summed E-state index contributed by atoms with van der Waals surface area (Å²) >= 11 is 3.33. The van der Waals surface area contributed by atoms with Gasteiger partial charge >= 0.3 is 5.97 Å². The van der Waals surface area contributed by atoms with E-state index in [1.54, 1.807) is 12.3 Å². The molecule has 0 N–H and O–H groups in total. The molecule has 15 heavy (non-hydrogen) atoms. The topological polar surface area (TPSA) is 39.2 Å².